The highest BCUT2D eigenvalue weighted by Crippen LogP contribution is 2.24. The van der Waals surface area contributed by atoms with Crippen LogP contribution in [0.25, 0.3) is 0 Å². The molecule has 0 fully saturated rings. The number of nitrogens with one attached hydrogen (secondary N) is 2. The third kappa shape index (κ3) is 4.58. The molecule has 0 bridgehead atoms. The Kier molecular flexibility index (Phi) is 5.98. The van der Waals surface area contributed by atoms with Gasteiger partial charge in [-0.05, 0) is 19.1 Å². The Morgan fingerprint density at radius 3 is 2.08 bits per heavy atom. The van der Waals surface area contributed by atoms with Gasteiger partial charge in [-0.25, -0.2) is 30.7 Å². The van der Waals surface area contributed by atoms with Crippen LogP contribution in [0.15, 0.2) is 35.2 Å². The standard InChI is InChI=1S/C16H14F4N2O3S/c1-9-2-4-10(5-3-9)26(24,25)21-7-6-13(23)22-16-14(19)11(17)8-12(18)15(16)20/h2-5,8,21H,6-7H2,1H3,(H,22,23). The van der Waals surface area contributed by atoms with Crippen molar-refractivity contribution in [3.8, 4) is 0 Å². The van der Waals surface area contributed by atoms with Crippen LogP contribution < -0.4 is 10.0 Å². The van der Waals surface area contributed by atoms with E-state index in [1.165, 1.54) is 12.1 Å². The summed E-state index contributed by atoms with van der Waals surface area (Å²) in [6, 6.07) is 5.93. The molecule has 10 heteroatoms. The lowest BCUT2D eigenvalue weighted by molar-refractivity contribution is -0.116. The molecule has 5 nitrogen and oxygen atoms in total. The van der Waals surface area contributed by atoms with Crippen molar-refractivity contribution in [2.75, 3.05) is 11.9 Å². The monoisotopic (exact) mass is 390 g/mol. The van der Waals surface area contributed by atoms with Gasteiger partial charge < -0.3 is 5.32 Å². The van der Waals surface area contributed by atoms with E-state index < -0.39 is 51.3 Å². The predicted molar refractivity (Wildman–Crippen MR) is 85.9 cm³/mol. The summed E-state index contributed by atoms with van der Waals surface area (Å²) in [6.07, 6.45) is -0.512. The molecule has 0 aliphatic rings. The zero-order valence-corrected chi connectivity index (χ0v) is 14.3. The van der Waals surface area contributed by atoms with Gasteiger partial charge in [0.15, 0.2) is 23.3 Å². The summed E-state index contributed by atoms with van der Waals surface area (Å²) in [5.41, 5.74) is -0.413. The van der Waals surface area contributed by atoms with Crippen LogP contribution in [0.1, 0.15) is 12.0 Å². The third-order valence-corrected chi connectivity index (χ3v) is 4.83. The molecule has 0 spiro atoms. The van der Waals surface area contributed by atoms with Gasteiger partial charge in [0.2, 0.25) is 15.9 Å². The molecule has 0 saturated heterocycles. The fourth-order valence-corrected chi connectivity index (χ4v) is 3.02. The van der Waals surface area contributed by atoms with Gasteiger partial charge in [-0.3, -0.25) is 4.79 Å². The first-order valence-corrected chi connectivity index (χ1v) is 8.79. The van der Waals surface area contributed by atoms with Gasteiger partial charge in [-0.1, -0.05) is 17.7 Å². The van der Waals surface area contributed by atoms with Crippen LogP contribution in [-0.2, 0) is 14.8 Å². The second-order valence-electron chi connectivity index (χ2n) is 5.35. The van der Waals surface area contributed by atoms with Crippen LogP contribution in [0.4, 0.5) is 23.2 Å². The first kappa shape index (κ1) is 19.9. The van der Waals surface area contributed by atoms with Crippen molar-refractivity contribution < 1.29 is 30.8 Å². The van der Waals surface area contributed by atoms with E-state index in [-0.39, 0.29) is 17.5 Å². The Morgan fingerprint density at radius 1 is 1.00 bits per heavy atom. The van der Waals surface area contributed by atoms with Gasteiger partial charge in [0.05, 0.1) is 4.90 Å². The largest absolute Gasteiger partial charge is 0.321 e. The number of hydrogen-bond donors (Lipinski definition) is 2. The molecule has 26 heavy (non-hydrogen) atoms. The van der Waals surface area contributed by atoms with Crippen LogP contribution in [0, 0.1) is 30.2 Å². The van der Waals surface area contributed by atoms with Gasteiger partial charge in [-0.15, -0.1) is 0 Å². The van der Waals surface area contributed by atoms with Crippen molar-refractivity contribution in [3.05, 3.63) is 59.2 Å². The smallest absolute Gasteiger partial charge is 0.240 e. The van der Waals surface area contributed by atoms with Crippen molar-refractivity contribution in [2.24, 2.45) is 0 Å². The Bertz CT molecular complexity index is 905. The normalized spacial score (nSPS) is 11.4. The topological polar surface area (TPSA) is 75.3 Å². The van der Waals surface area contributed by atoms with Crippen LogP contribution >= 0.6 is 0 Å². The van der Waals surface area contributed by atoms with Crippen molar-refractivity contribution >= 4 is 21.6 Å². The highest BCUT2D eigenvalue weighted by atomic mass is 32.2. The van der Waals surface area contributed by atoms with E-state index in [4.69, 9.17) is 0 Å². The minimum atomic E-state index is -3.87. The molecule has 2 aromatic carbocycles. The lowest BCUT2D eigenvalue weighted by atomic mass is 10.2. The summed E-state index contributed by atoms with van der Waals surface area (Å²) in [6.45, 7) is 1.39. The zero-order chi connectivity index (χ0) is 19.5. The van der Waals surface area contributed by atoms with Crippen LogP contribution in [0.2, 0.25) is 0 Å². The molecule has 0 atom stereocenters. The van der Waals surface area contributed by atoms with Crippen molar-refractivity contribution in [3.63, 3.8) is 0 Å². The number of sulfonamides is 1. The minimum Gasteiger partial charge on any atom is -0.321 e. The number of benzene rings is 2. The Hall–Kier alpha value is -2.46. The number of halogens is 4. The Morgan fingerprint density at radius 2 is 1.54 bits per heavy atom. The molecular formula is C16H14F4N2O3S. The summed E-state index contributed by atoms with van der Waals surface area (Å²) in [4.78, 5) is 11.7. The summed E-state index contributed by atoms with van der Waals surface area (Å²) >= 11 is 0. The second-order valence-corrected chi connectivity index (χ2v) is 7.12. The van der Waals surface area contributed by atoms with Crippen LogP contribution in [0.3, 0.4) is 0 Å². The molecule has 0 aromatic heterocycles. The van der Waals surface area contributed by atoms with Crippen LogP contribution in [-0.4, -0.2) is 20.9 Å². The number of carbonyl (C=O) groups is 1. The SMILES string of the molecule is Cc1ccc(S(=O)(=O)NCCC(=O)Nc2c(F)c(F)cc(F)c2F)cc1. The van der Waals surface area contributed by atoms with Gasteiger partial charge in [-0.2, -0.15) is 0 Å². The first-order chi connectivity index (χ1) is 12.1. The molecule has 0 radical (unpaired) electrons. The quantitative estimate of drug-likeness (QED) is 0.588. The summed E-state index contributed by atoms with van der Waals surface area (Å²) in [5, 5.41) is 1.69. The first-order valence-electron chi connectivity index (χ1n) is 7.31. The van der Waals surface area contributed by atoms with E-state index in [1.54, 1.807) is 24.4 Å². The molecule has 2 N–H and O–H groups in total. The molecule has 140 valence electrons. The molecular weight excluding hydrogens is 376 g/mol. The van der Waals surface area contributed by atoms with Crippen molar-refractivity contribution in [1.29, 1.82) is 0 Å². The van der Waals surface area contributed by atoms with Gasteiger partial charge >= 0.3 is 0 Å². The van der Waals surface area contributed by atoms with Crippen molar-refractivity contribution in [1.82, 2.24) is 4.72 Å². The molecule has 0 aliphatic heterocycles. The fourth-order valence-electron chi connectivity index (χ4n) is 1.98. The van der Waals surface area contributed by atoms with Crippen molar-refractivity contribution in [2.45, 2.75) is 18.2 Å². The number of rotatable bonds is 6. The lowest BCUT2D eigenvalue weighted by Crippen LogP contribution is -2.28. The van der Waals surface area contributed by atoms with E-state index in [9.17, 15) is 30.8 Å². The van der Waals surface area contributed by atoms with E-state index in [0.717, 1.165) is 5.56 Å². The lowest BCUT2D eigenvalue weighted by Gasteiger charge is -2.10. The number of carbonyl (C=O) groups excluding carboxylic acids is 1. The minimum absolute atomic E-state index is 0.00995. The highest BCUT2D eigenvalue weighted by molar-refractivity contribution is 7.89. The Balaban J connectivity index is 1.99. The van der Waals surface area contributed by atoms with E-state index in [1.807, 2.05) is 0 Å². The van der Waals surface area contributed by atoms with E-state index in [0.29, 0.717) is 0 Å². The molecule has 1 amide bonds. The van der Waals surface area contributed by atoms with Gasteiger partial charge in [0.1, 0.15) is 5.69 Å². The maximum atomic E-state index is 13.5. The van der Waals surface area contributed by atoms with Gasteiger partial charge in [0.25, 0.3) is 0 Å². The summed E-state index contributed by atoms with van der Waals surface area (Å²) in [7, 11) is -3.87. The van der Waals surface area contributed by atoms with E-state index in [2.05, 4.69) is 4.72 Å². The summed E-state index contributed by atoms with van der Waals surface area (Å²) < 4.78 is 79.2. The van der Waals surface area contributed by atoms with Gasteiger partial charge in [0, 0.05) is 19.0 Å². The maximum Gasteiger partial charge on any atom is 0.240 e. The number of amides is 1. The fraction of sp³-hybridized carbons (Fsp3) is 0.188. The predicted octanol–water partition coefficient (Wildman–Crippen LogP) is 2.86. The summed E-state index contributed by atoms with van der Waals surface area (Å²) in [5.74, 6) is -7.87. The molecule has 0 heterocycles. The van der Waals surface area contributed by atoms with E-state index >= 15 is 0 Å². The highest BCUT2D eigenvalue weighted by Gasteiger charge is 2.21. The Labute approximate surface area is 147 Å². The zero-order valence-electron chi connectivity index (χ0n) is 13.4. The average Bonchev–Trinajstić information content (AvgIpc) is 2.57. The average molecular weight is 390 g/mol. The number of anilines is 1. The molecule has 0 saturated carbocycles. The molecule has 0 unspecified atom stereocenters. The molecule has 0 aliphatic carbocycles. The van der Waals surface area contributed by atoms with Crippen LogP contribution in [0.5, 0.6) is 0 Å². The number of aryl methyl sites for hydroxylation is 1. The second kappa shape index (κ2) is 7.83. The molecule has 2 aromatic rings. The third-order valence-electron chi connectivity index (χ3n) is 3.35. The molecule has 2 rings (SSSR count). The maximum absolute atomic E-state index is 13.5. The number of hydrogen-bond acceptors (Lipinski definition) is 3.